The van der Waals surface area contributed by atoms with E-state index >= 15 is 0 Å². The summed E-state index contributed by atoms with van der Waals surface area (Å²) >= 11 is 3.39. The zero-order valence-electron chi connectivity index (χ0n) is 15.8. The average molecular weight is 483 g/mol. The van der Waals surface area contributed by atoms with Gasteiger partial charge < -0.3 is 15.2 Å². The van der Waals surface area contributed by atoms with Crippen LogP contribution in [0.1, 0.15) is 15.9 Å². The van der Waals surface area contributed by atoms with Crippen molar-refractivity contribution < 1.29 is 24.4 Å². The zero-order valence-corrected chi connectivity index (χ0v) is 17.4. The fourth-order valence-corrected chi connectivity index (χ4v) is 2.93. The minimum Gasteiger partial charge on any atom is -0.477 e. The van der Waals surface area contributed by atoms with Gasteiger partial charge in [-0.05, 0) is 57.9 Å². The van der Waals surface area contributed by atoms with Gasteiger partial charge in [0.05, 0.1) is 9.40 Å². The van der Waals surface area contributed by atoms with Gasteiger partial charge in [0.2, 0.25) is 0 Å². The number of amides is 1. The summed E-state index contributed by atoms with van der Waals surface area (Å²) in [6, 6.07) is 18.9. The van der Waals surface area contributed by atoms with Gasteiger partial charge >= 0.3 is 5.97 Å². The molecule has 8 nitrogen and oxygen atoms in total. The van der Waals surface area contributed by atoms with Crippen LogP contribution in [0.3, 0.4) is 0 Å². The average Bonchev–Trinajstić information content (AvgIpc) is 2.76. The van der Waals surface area contributed by atoms with Gasteiger partial charge in [0.15, 0.2) is 0 Å². The maximum absolute atomic E-state index is 12.4. The van der Waals surface area contributed by atoms with Crippen molar-refractivity contribution in [2.75, 3.05) is 0 Å². The lowest BCUT2D eigenvalue weighted by atomic mass is 10.1. The topological polar surface area (TPSA) is 119 Å². The number of nitro groups is 1. The number of carboxylic acids is 1. The second-order valence-electron chi connectivity index (χ2n) is 6.23. The fraction of sp³-hybridized carbons (Fsp3) is 0. The van der Waals surface area contributed by atoms with E-state index in [2.05, 4.69) is 21.2 Å². The molecule has 0 aliphatic rings. The molecule has 156 valence electrons. The fourth-order valence-electron chi connectivity index (χ4n) is 2.56. The number of halogens is 1. The number of nitro benzene ring substituents is 1. The Labute approximate surface area is 185 Å². The van der Waals surface area contributed by atoms with Crippen LogP contribution in [-0.2, 0) is 4.79 Å². The molecule has 0 saturated heterocycles. The quantitative estimate of drug-likeness (QED) is 0.277. The first-order valence-corrected chi connectivity index (χ1v) is 9.66. The van der Waals surface area contributed by atoms with Crippen LogP contribution in [0.4, 0.5) is 5.69 Å². The van der Waals surface area contributed by atoms with Crippen molar-refractivity contribution in [3.8, 4) is 11.5 Å². The molecule has 9 heteroatoms. The number of carboxylic acid groups (broad SMARTS) is 1. The van der Waals surface area contributed by atoms with Crippen molar-refractivity contribution in [3.05, 3.63) is 104 Å². The maximum atomic E-state index is 12.4. The minimum atomic E-state index is -1.35. The van der Waals surface area contributed by atoms with Crippen molar-refractivity contribution >= 4 is 39.6 Å². The molecule has 0 spiro atoms. The number of hydrogen-bond acceptors (Lipinski definition) is 5. The van der Waals surface area contributed by atoms with Gasteiger partial charge in [-0.25, -0.2) is 4.79 Å². The lowest BCUT2D eigenvalue weighted by molar-refractivity contribution is -0.384. The predicted octanol–water partition coefficient (Wildman–Crippen LogP) is 5.01. The molecule has 2 N–H and O–H groups in total. The van der Waals surface area contributed by atoms with Crippen LogP contribution in [0.5, 0.6) is 11.5 Å². The smallest absolute Gasteiger partial charge is 0.352 e. The number of benzene rings is 3. The Bertz CT molecular complexity index is 1170. The van der Waals surface area contributed by atoms with Gasteiger partial charge in [0.1, 0.15) is 17.2 Å². The van der Waals surface area contributed by atoms with Crippen LogP contribution in [-0.4, -0.2) is 21.9 Å². The van der Waals surface area contributed by atoms with Crippen LogP contribution in [0.2, 0.25) is 0 Å². The second-order valence-corrected chi connectivity index (χ2v) is 7.08. The van der Waals surface area contributed by atoms with Gasteiger partial charge in [0.25, 0.3) is 11.6 Å². The molecule has 0 bridgehead atoms. The molecular formula is C22H15BrN2O6. The third-order valence-electron chi connectivity index (χ3n) is 4.05. The Morgan fingerprint density at radius 1 is 1.03 bits per heavy atom. The van der Waals surface area contributed by atoms with E-state index in [0.29, 0.717) is 17.1 Å². The van der Waals surface area contributed by atoms with Crippen molar-refractivity contribution in [1.82, 2.24) is 5.32 Å². The zero-order chi connectivity index (χ0) is 22.4. The number of aliphatic carboxylic acids is 1. The molecule has 0 saturated carbocycles. The third kappa shape index (κ3) is 5.77. The molecule has 0 aliphatic carbocycles. The molecule has 0 fully saturated rings. The first kappa shape index (κ1) is 21.7. The van der Waals surface area contributed by atoms with Crippen LogP contribution in [0.25, 0.3) is 6.08 Å². The van der Waals surface area contributed by atoms with E-state index in [9.17, 15) is 24.8 Å². The van der Waals surface area contributed by atoms with E-state index in [-0.39, 0.29) is 16.9 Å². The summed E-state index contributed by atoms with van der Waals surface area (Å²) in [5.74, 6) is -0.957. The van der Waals surface area contributed by atoms with Gasteiger partial charge in [-0.2, -0.15) is 0 Å². The number of para-hydroxylation sites is 1. The van der Waals surface area contributed by atoms with Gasteiger partial charge in [-0.3, -0.25) is 14.9 Å². The molecule has 0 unspecified atom stereocenters. The Morgan fingerprint density at radius 3 is 2.39 bits per heavy atom. The van der Waals surface area contributed by atoms with Gasteiger partial charge in [-0.15, -0.1) is 0 Å². The van der Waals surface area contributed by atoms with E-state index < -0.39 is 16.8 Å². The molecule has 0 atom stereocenters. The summed E-state index contributed by atoms with van der Waals surface area (Å²) < 4.78 is 6.55. The molecule has 31 heavy (non-hydrogen) atoms. The van der Waals surface area contributed by atoms with E-state index in [1.54, 1.807) is 30.3 Å². The van der Waals surface area contributed by atoms with E-state index in [1.165, 1.54) is 24.3 Å². The molecule has 0 aliphatic heterocycles. The van der Waals surface area contributed by atoms with E-state index in [1.807, 2.05) is 18.2 Å². The number of nitrogens with zero attached hydrogens (tertiary/aromatic N) is 1. The summed E-state index contributed by atoms with van der Waals surface area (Å²) in [6.45, 7) is 0. The van der Waals surface area contributed by atoms with Gasteiger partial charge in [-0.1, -0.05) is 30.3 Å². The number of carbonyl (C=O) groups excluding carboxylic acids is 1. The van der Waals surface area contributed by atoms with Crippen LogP contribution < -0.4 is 10.1 Å². The molecule has 0 heterocycles. The predicted molar refractivity (Wildman–Crippen MR) is 117 cm³/mol. The lowest BCUT2D eigenvalue weighted by Crippen LogP contribution is -2.27. The summed E-state index contributed by atoms with van der Waals surface area (Å²) in [5, 5.41) is 22.6. The summed E-state index contributed by atoms with van der Waals surface area (Å²) in [4.78, 5) is 34.1. The Hall–Kier alpha value is -3.98. The van der Waals surface area contributed by atoms with Crippen molar-refractivity contribution in [2.24, 2.45) is 0 Å². The third-order valence-corrected chi connectivity index (χ3v) is 4.71. The monoisotopic (exact) mass is 482 g/mol. The first-order valence-electron chi connectivity index (χ1n) is 8.87. The number of carbonyl (C=O) groups is 2. The largest absolute Gasteiger partial charge is 0.477 e. The molecule has 1 amide bonds. The number of rotatable bonds is 7. The SMILES string of the molecule is O=C(O)/C(=C\c1ccc(Oc2ccccc2Br)cc1)NC(=O)c1cccc([N+](=O)[O-])c1. The molecular weight excluding hydrogens is 468 g/mol. The Morgan fingerprint density at radius 2 is 1.74 bits per heavy atom. The first-order chi connectivity index (χ1) is 14.8. The normalized spacial score (nSPS) is 10.9. The number of non-ortho nitro benzene ring substituents is 1. The highest BCUT2D eigenvalue weighted by Gasteiger charge is 2.16. The van der Waals surface area contributed by atoms with E-state index in [4.69, 9.17) is 4.74 Å². The van der Waals surface area contributed by atoms with Crippen molar-refractivity contribution in [2.45, 2.75) is 0 Å². The van der Waals surface area contributed by atoms with Crippen LogP contribution in [0.15, 0.2) is 83.0 Å². The van der Waals surface area contributed by atoms with Gasteiger partial charge in [0, 0.05) is 17.7 Å². The van der Waals surface area contributed by atoms with Crippen molar-refractivity contribution in [1.29, 1.82) is 0 Å². The minimum absolute atomic E-state index is 0.0291. The molecule has 3 rings (SSSR count). The van der Waals surface area contributed by atoms with Crippen LogP contribution >= 0.6 is 15.9 Å². The highest BCUT2D eigenvalue weighted by Crippen LogP contribution is 2.29. The van der Waals surface area contributed by atoms with Crippen molar-refractivity contribution in [3.63, 3.8) is 0 Å². The molecule has 3 aromatic carbocycles. The number of hydrogen-bond donors (Lipinski definition) is 2. The summed E-state index contributed by atoms with van der Waals surface area (Å²) in [5.41, 5.74) is -0.167. The van der Waals surface area contributed by atoms with E-state index in [0.717, 1.165) is 10.5 Å². The lowest BCUT2D eigenvalue weighted by Gasteiger charge is -2.08. The highest BCUT2D eigenvalue weighted by atomic mass is 79.9. The molecule has 0 radical (unpaired) electrons. The Kier molecular flexibility index (Phi) is 6.78. The molecule has 3 aromatic rings. The Balaban J connectivity index is 1.76. The summed E-state index contributed by atoms with van der Waals surface area (Å²) in [6.07, 6.45) is 1.28. The number of nitrogens with one attached hydrogen (secondary N) is 1. The molecule has 0 aromatic heterocycles. The maximum Gasteiger partial charge on any atom is 0.352 e. The second kappa shape index (κ2) is 9.68. The summed E-state index contributed by atoms with van der Waals surface area (Å²) in [7, 11) is 0. The van der Waals surface area contributed by atoms with Crippen LogP contribution in [0, 0.1) is 10.1 Å². The highest BCUT2D eigenvalue weighted by molar-refractivity contribution is 9.10. The number of ether oxygens (including phenoxy) is 1. The standard InChI is InChI=1S/C22H15BrN2O6/c23-18-6-1-2-7-20(18)31-17-10-8-14(9-11-17)12-19(22(27)28)24-21(26)15-4-3-5-16(13-15)25(29)30/h1-13H,(H,24,26)(H,27,28)/b19-12+.